The van der Waals surface area contributed by atoms with E-state index in [0.29, 0.717) is 21.2 Å². The van der Waals surface area contributed by atoms with Crippen LogP contribution in [0.4, 0.5) is 4.39 Å². The van der Waals surface area contributed by atoms with Gasteiger partial charge in [-0.25, -0.2) is 9.18 Å². The largest absolute Gasteiger partial charge is 0.478 e. The van der Waals surface area contributed by atoms with E-state index in [4.69, 9.17) is 0 Å². The summed E-state index contributed by atoms with van der Waals surface area (Å²) in [7, 11) is 0. The van der Waals surface area contributed by atoms with Crippen LogP contribution in [0.25, 0.3) is 0 Å². The lowest BCUT2D eigenvalue weighted by atomic mass is 10.2. The fourth-order valence-corrected chi connectivity index (χ4v) is 2.90. The van der Waals surface area contributed by atoms with E-state index in [-0.39, 0.29) is 11.4 Å². The number of aryl methyl sites for hydroxylation is 2. The molecule has 0 amide bonds. The monoisotopic (exact) mass is 277 g/mol. The SMILES string of the molecule is Cc1cc(Sc2ccccc2F)c(C(=O)O)c(C)n1. The fourth-order valence-electron chi connectivity index (χ4n) is 1.78. The number of carboxylic acid groups (broad SMARTS) is 1. The van der Waals surface area contributed by atoms with E-state index in [1.807, 2.05) is 0 Å². The van der Waals surface area contributed by atoms with Gasteiger partial charge >= 0.3 is 5.97 Å². The summed E-state index contributed by atoms with van der Waals surface area (Å²) in [6.07, 6.45) is 0. The molecule has 1 N–H and O–H groups in total. The highest BCUT2D eigenvalue weighted by Crippen LogP contribution is 2.33. The van der Waals surface area contributed by atoms with E-state index >= 15 is 0 Å². The minimum absolute atomic E-state index is 0.124. The van der Waals surface area contributed by atoms with E-state index in [1.165, 1.54) is 6.07 Å². The number of nitrogens with zero attached hydrogens (tertiary/aromatic N) is 1. The number of carboxylic acids is 1. The number of aromatic carboxylic acids is 1. The Kier molecular flexibility index (Phi) is 3.85. The zero-order valence-electron chi connectivity index (χ0n) is 10.5. The summed E-state index contributed by atoms with van der Waals surface area (Å²) >= 11 is 1.10. The van der Waals surface area contributed by atoms with Gasteiger partial charge in [0.05, 0.1) is 11.3 Å². The van der Waals surface area contributed by atoms with Crippen LogP contribution in [0.1, 0.15) is 21.7 Å². The second kappa shape index (κ2) is 5.40. The molecule has 2 aromatic rings. The van der Waals surface area contributed by atoms with Crippen molar-refractivity contribution < 1.29 is 14.3 Å². The van der Waals surface area contributed by atoms with Gasteiger partial charge in [-0.1, -0.05) is 23.9 Å². The molecule has 0 unspecified atom stereocenters. The Hall–Kier alpha value is -1.88. The maximum absolute atomic E-state index is 13.6. The van der Waals surface area contributed by atoms with Crippen molar-refractivity contribution in [3.63, 3.8) is 0 Å². The molecule has 0 spiro atoms. The maximum atomic E-state index is 13.6. The number of pyridine rings is 1. The molecule has 5 heteroatoms. The van der Waals surface area contributed by atoms with Gasteiger partial charge in [0.15, 0.2) is 0 Å². The van der Waals surface area contributed by atoms with E-state index in [1.54, 1.807) is 38.1 Å². The molecule has 2 rings (SSSR count). The van der Waals surface area contributed by atoms with Crippen LogP contribution in [0.15, 0.2) is 40.1 Å². The summed E-state index contributed by atoms with van der Waals surface area (Å²) in [6.45, 7) is 3.42. The van der Waals surface area contributed by atoms with Crippen molar-refractivity contribution in [2.45, 2.75) is 23.6 Å². The van der Waals surface area contributed by atoms with Crippen molar-refractivity contribution in [2.24, 2.45) is 0 Å². The van der Waals surface area contributed by atoms with Gasteiger partial charge in [0, 0.05) is 15.5 Å². The number of benzene rings is 1. The first kappa shape index (κ1) is 13.5. The Balaban J connectivity index is 2.51. The van der Waals surface area contributed by atoms with Gasteiger partial charge in [-0.2, -0.15) is 0 Å². The lowest BCUT2D eigenvalue weighted by Gasteiger charge is -2.10. The fraction of sp³-hybridized carbons (Fsp3) is 0.143. The quantitative estimate of drug-likeness (QED) is 0.929. The van der Waals surface area contributed by atoms with Crippen LogP contribution in [-0.4, -0.2) is 16.1 Å². The van der Waals surface area contributed by atoms with Gasteiger partial charge in [-0.3, -0.25) is 4.98 Å². The first-order valence-electron chi connectivity index (χ1n) is 5.63. The van der Waals surface area contributed by atoms with Gasteiger partial charge in [0.2, 0.25) is 0 Å². The standard InChI is InChI=1S/C14H12FNO2S/c1-8-7-12(13(14(17)18)9(2)16-8)19-11-6-4-3-5-10(11)15/h3-7H,1-2H3,(H,17,18). The van der Waals surface area contributed by atoms with Gasteiger partial charge < -0.3 is 5.11 Å². The van der Waals surface area contributed by atoms with E-state index < -0.39 is 5.97 Å². The van der Waals surface area contributed by atoms with Crippen LogP contribution in [0.5, 0.6) is 0 Å². The molecule has 3 nitrogen and oxygen atoms in total. The molecular formula is C14H12FNO2S. The second-order valence-electron chi connectivity index (χ2n) is 4.06. The summed E-state index contributed by atoms with van der Waals surface area (Å²) in [4.78, 5) is 16.3. The molecule has 0 atom stereocenters. The van der Waals surface area contributed by atoms with Crippen LogP contribution in [0.2, 0.25) is 0 Å². The van der Waals surface area contributed by atoms with E-state index in [0.717, 1.165) is 11.8 Å². The molecule has 0 fully saturated rings. The van der Waals surface area contributed by atoms with E-state index in [9.17, 15) is 14.3 Å². The molecular weight excluding hydrogens is 265 g/mol. The number of carbonyl (C=O) groups is 1. The molecule has 1 aromatic heterocycles. The molecule has 1 aromatic carbocycles. The first-order valence-corrected chi connectivity index (χ1v) is 6.44. The summed E-state index contributed by atoms with van der Waals surface area (Å²) < 4.78 is 13.6. The summed E-state index contributed by atoms with van der Waals surface area (Å²) in [5, 5.41) is 9.24. The normalized spacial score (nSPS) is 10.5. The Morgan fingerprint density at radius 1 is 1.26 bits per heavy atom. The zero-order chi connectivity index (χ0) is 14.0. The predicted molar refractivity (Wildman–Crippen MR) is 71.2 cm³/mol. The number of halogens is 1. The van der Waals surface area contributed by atoms with Gasteiger partial charge in [0.1, 0.15) is 5.82 Å². The Bertz CT molecular complexity index is 643. The molecule has 0 radical (unpaired) electrons. The number of aromatic nitrogens is 1. The molecule has 0 saturated carbocycles. The van der Waals surface area contributed by atoms with Crippen molar-refractivity contribution in [1.82, 2.24) is 4.98 Å². The molecule has 0 aliphatic carbocycles. The third kappa shape index (κ3) is 2.93. The van der Waals surface area contributed by atoms with Crippen molar-refractivity contribution in [1.29, 1.82) is 0 Å². The number of rotatable bonds is 3. The van der Waals surface area contributed by atoms with Crippen LogP contribution in [0, 0.1) is 19.7 Å². The highest BCUT2D eigenvalue weighted by atomic mass is 32.2. The average Bonchev–Trinajstić information content (AvgIpc) is 2.30. The van der Waals surface area contributed by atoms with Crippen LogP contribution in [0.3, 0.4) is 0 Å². The predicted octanol–water partition coefficient (Wildman–Crippen LogP) is 3.69. The summed E-state index contributed by atoms with van der Waals surface area (Å²) in [6, 6.07) is 7.95. The molecule has 0 bridgehead atoms. The lowest BCUT2D eigenvalue weighted by molar-refractivity contribution is 0.0691. The zero-order valence-corrected chi connectivity index (χ0v) is 11.3. The highest BCUT2D eigenvalue weighted by Gasteiger charge is 2.17. The molecule has 19 heavy (non-hydrogen) atoms. The summed E-state index contributed by atoms with van der Waals surface area (Å²) in [5.74, 6) is -1.42. The van der Waals surface area contributed by atoms with Crippen molar-refractivity contribution in [3.8, 4) is 0 Å². The molecule has 0 saturated heterocycles. The highest BCUT2D eigenvalue weighted by molar-refractivity contribution is 7.99. The van der Waals surface area contributed by atoms with Gasteiger partial charge in [0.25, 0.3) is 0 Å². The Labute approximate surface area is 114 Å². The molecule has 98 valence electrons. The molecule has 1 heterocycles. The molecule has 0 aliphatic rings. The Morgan fingerprint density at radius 2 is 1.95 bits per heavy atom. The van der Waals surface area contributed by atoms with Gasteiger partial charge in [-0.05, 0) is 32.0 Å². The van der Waals surface area contributed by atoms with Crippen molar-refractivity contribution in [2.75, 3.05) is 0 Å². The third-order valence-corrected chi connectivity index (χ3v) is 3.66. The van der Waals surface area contributed by atoms with Crippen molar-refractivity contribution in [3.05, 3.63) is 53.1 Å². The van der Waals surface area contributed by atoms with Crippen molar-refractivity contribution >= 4 is 17.7 Å². The van der Waals surface area contributed by atoms with Crippen LogP contribution < -0.4 is 0 Å². The van der Waals surface area contributed by atoms with Crippen LogP contribution in [-0.2, 0) is 0 Å². The first-order chi connectivity index (χ1) is 8.99. The summed E-state index contributed by atoms with van der Waals surface area (Å²) in [5.41, 5.74) is 1.27. The maximum Gasteiger partial charge on any atom is 0.338 e. The average molecular weight is 277 g/mol. The minimum atomic E-state index is -1.05. The number of hydrogen-bond donors (Lipinski definition) is 1. The molecule has 0 aliphatic heterocycles. The van der Waals surface area contributed by atoms with Crippen LogP contribution >= 0.6 is 11.8 Å². The smallest absolute Gasteiger partial charge is 0.338 e. The number of hydrogen-bond acceptors (Lipinski definition) is 3. The van der Waals surface area contributed by atoms with E-state index in [2.05, 4.69) is 4.98 Å². The minimum Gasteiger partial charge on any atom is -0.478 e. The third-order valence-electron chi connectivity index (χ3n) is 2.56. The lowest BCUT2D eigenvalue weighted by Crippen LogP contribution is -2.05. The second-order valence-corrected chi connectivity index (χ2v) is 5.14. The Morgan fingerprint density at radius 3 is 2.58 bits per heavy atom. The topological polar surface area (TPSA) is 50.2 Å². The van der Waals surface area contributed by atoms with Gasteiger partial charge in [-0.15, -0.1) is 0 Å².